The Morgan fingerprint density at radius 3 is 2.83 bits per heavy atom. The summed E-state index contributed by atoms with van der Waals surface area (Å²) in [6.45, 7) is 0. The van der Waals surface area contributed by atoms with E-state index in [9.17, 15) is 9.90 Å². The molecule has 0 saturated heterocycles. The van der Waals surface area contributed by atoms with Gasteiger partial charge >= 0.3 is 0 Å². The highest BCUT2D eigenvalue weighted by atomic mass is 32.2. The summed E-state index contributed by atoms with van der Waals surface area (Å²) in [6.07, 6.45) is 1.57. The van der Waals surface area contributed by atoms with Crippen LogP contribution in [0.4, 0.5) is 11.5 Å². The van der Waals surface area contributed by atoms with Crippen LogP contribution in [0.3, 0.4) is 0 Å². The number of aromatic hydroxyl groups is 1. The number of nitrogens with zero attached hydrogens (tertiary/aromatic N) is 2. The highest BCUT2D eigenvalue weighted by molar-refractivity contribution is 7.37. The van der Waals surface area contributed by atoms with Gasteiger partial charge in [0.25, 0.3) is 0 Å². The molecule has 0 spiro atoms. The molecule has 0 fully saturated rings. The quantitative estimate of drug-likeness (QED) is 0.482. The van der Waals surface area contributed by atoms with Gasteiger partial charge < -0.3 is 16.6 Å². The van der Waals surface area contributed by atoms with Gasteiger partial charge in [0.15, 0.2) is 0 Å². The van der Waals surface area contributed by atoms with E-state index in [2.05, 4.69) is 9.36 Å². The topological polar surface area (TPSA) is 115 Å². The molecule has 0 aliphatic carbocycles. The zero-order valence-corrected chi connectivity index (χ0v) is 13.2. The molecule has 0 unspecified atom stereocenters. The van der Waals surface area contributed by atoms with Gasteiger partial charge in [0.2, 0.25) is 5.78 Å². The molecule has 0 bridgehead atoms. The van der Waals surface area contributed by atoms with E-state index in [-0.39, 0.29) is 11.5 Å². The van der Waals surface area contributed by atoms with Crippen molar-refractivity contribution in [3.63, 3.8) is 0 Å². The van der Waals surface area contributed by atoms with Gasteiger partial charge in [0.05, 0.1) is 11.1 Å². The van der Waals surface area contributed by atoms with Crippen LogP contribution in [0.25, 0.3) is 20.3 Å². The molecular formula is C15H10N4O2S2. The summed E-state index contributed by atoms with van der Waals surface area (Å²) in [5.74, 6) is 0.161. The van der Waals surface area contributed by atoms with Crippen molar-refractivity contribution in [1.29, 1.82) is 0 Å². The van der Waals surface area contributed by atoms with Crippen molar-refractivity contribution in [2.24, 2.45) is 0 Å². The number of carbonyl (C=O) groups excluding carboxylic acids is 1. The molecule has 8 heteroatoms. The third-order valence-corrected chi connectivity index (χ3v) is 5.73. The van der Waals surface area contributed by atoms with Crippen molar-refractivity contribution in [1.82, 2.24) is 9.36 Å². The van der Waals surface area contributed by atoms with E-state index >= 15 is 0 Å². The standard InChI is InChI=1S/C15H10N4O2S2/c16-10-9-14(17)19-23-15(9)22-13(10)12(21)7-3-4-8(20)11-6(7)2-1-5-18-11/h1-5,20H,16H2,(H2,17,19). The minimum absolute atomic E-state index is 0.0331. The van der Waals surface area contributed by atoms with Crippen molar-refractivity contribution in [3.05, 3.63) is 40.9 Å². The molecule has 0 aliphatic heterocycles. The van der Waals surface area contributed by atoms with Gasteiger partial charge in [-0.25, -0.2) is 0 Å². The zero-order chi connectivity index (χ0) is 16.1. The van der Waals surface area contributed by atoms with Crippen LogP contribution in [-0.2, 0) is 0 Å². The number of phenolic OH excluding ortho intramolecular Hbond substituents is 1. The first kappa shape index (κ1) is 13.9. The summed E-state index contributed by atoms with van der Waals surface area (Å²) in [4.78, 5) is 17.5. The Kier molecular flexibility index (Phi) is 2.97. The monoisotopic (exact) mass is 342 g/mol. The lowest BCUT2D eigenvalue weighted by atomic mass is 10.0. The number of thiophene rings is 1. The van der Waals surface area contributed by atoms with Gasteiger partial charge in [-0.05, 0) is 29.7 Å². The molecule has 4 rings (SSSR count). The predicted octanol–water partition coefficient (Wildman–Crippen LogP) is 3.01. The van der Waals surface area contributed by atoms with Crippen molar-refractivity contribution in [2.45, 2.75) is 0 Å². The summed E-state index contributed by atoms with van der Waals surface area (Å²) < 4.78 is 4.87. The molecule has 6 nitrogen and oxygen atoms in total. The van der Waals surface area contributed by atoms with E-state index in [4.69, 9.17) is 11.5 Å². The number of pyridine rings is 1. The van der Waals surface area contributed by atoms with Crippen LogP contribution in [0.2, 0.25) is 0 Å². The van der Waals surface area contributed by atoms with Gasteiger partial charge in [-0.15, -0.1) is 11.3 Å². The van der Waals surface area contributed by atoms with Gasteiger partial charge in [-0.1, -0.05) is 6.07 Å². The molecule has 114 valence electrons. The highest BCUT2D eigenvalue weighted by Crippen LogP contribution is 2.41. The van der Waals surface area contributed by atoms with Crippen molar-refractivity contribution in [2.75, 3.05) is 11.5 Å². The second kappa shape index (κ2) is 4.90. The Bertz CT molecular complexity index is 1080. The first-order valence-corrected chi connectivity index (χ1v) is 8.21. The Labute approximate surface area is 138 Å². The average Bonchev–Trinajstić information content (AvgIpc) is 3.08. The smallest absolute Gasteiger partial charge is 0.205 e. The number of nitrogens with two attached hydrogens (primary N) is 2. The molecule has 3 heterocycles. The second-order valence-corrected chi connectivity index (χ2v) is 6.99. The number of fused-ring (bicyclic) bond motifs is 2. The number of rotatable bonds is 2. The van der Waals surface area contributed by atoms with Crippen molar-refractivity contribution < 1.29 is 9.90 Å². The van der Waals surface area contributed by atoms with Crippen molar-refractivity contribution >= 4 is 60.5 Å². The molecule has 3 aromatic heterocycles. The van der Waals surface area contributed by atoms with Crippen LogP contribution in [0.15, 0.2) is 30.5 Å². The summed E-state index contributed by atoms with van der Waals surface area (Å²) >= 11 is 2.51. The average molecular weight is 342 g/mol. The molecule has 4 aromatic rings. The lowest BCUT2D eigenvalue weighted by Crippen LogP contribution is -2.03. The number of anilines is 2. The highest BCUT2D eigenvalue weighted by Gasteiger charge is 2.23. The van der Waals surface area contributed by atoms with Crippen LogP contribution in [-0.4, -0.2) is 20.2 Å². The maximum atomic E-state index is 12.9. The zero-order valence-electron chi connectivity index (χ0n) is 11.6. The van der Waals surface area contributed by atoms with E-state index < -0.39 is 0 Å². The van der Waals surface area contributed by atoms with Crippen LogP contribution >= 0.6 is 22.9 Å². The van der Waals surface area contributed by atoms with E-state index in [1.165, 1.54) is 28.9 Å². The number of phenols is 1. The number of hydrogen-bond acceptors (Lipinski definition) is 8. The fraction of sp³-hybridized carbons (Fsp3) is 0. The second-order valence-electron chi connectivity index (χ2n) is 4.94. The van der Waals surface area contributed by atoms with Crippen LogP contribution in [0.1, 0.15) is 15.2 Å². The van der Waals surface area contributed by atoms with Crippen LogP contribution < -0.4 is 11.5 Å². The largest absolute Gasteiger partial charge is 0.506 e. The number of hydrogen-bond donors (Lipinski definition) is 3. The number of ketones is 1. The summed E-state index contributed by atoms with van der Waals surface area (Å²) in [5, 5.41) is 11.1. The number of nitrogen functional groups attached to an aromatic ring is 2. The van der Waals surface area contributed by atoms with Crippen LogP contribution in [0.5, 0.6) is 5.75 Å². The van der Waals surface area contributed by atoms with Gasteiger partial charge in [-0.2, -0.15) is 4.37 Å². The predicted molar refractivity (Wildman–Crippen MR) is 93.2 cm³/mol. The normalized spacial score (nSPS) is 11.3. The molecule has 23 heavy (non-hydrogen) atoms. The molecule has 0 aliphatic rings. The lowest BCUT2D eigenvalue weighted by molar-refractivity contribution is 0.104. The molecule has 0 radical (unpaired) electrons. The van der Waals surface area contributed by atoms with E-state index in [0.29, 0.717) is 38.2 Å². The summed E-state index contributed by atoms with van der Waals surface area (Å²) in [6, 6.07) is 6.51. The number of aromatic nitrogens is 2. The van der Waals surface area contributed by atoms with Gasteiger partial charge in [0, 0.05) is 17.1 Å². The molecule has 0 saturated carbocycles. The SMILES string of the molecule is Nc1nsc2sc(C(=O)c3ccc(O)c4ncccc34)c(N)c12. The molecule has 0 atom stereocenters. The maximum Gasteiger partial charge on any atom is 0.205 e. The molecular weight excluding hydrogens is 332 g/mol. The first-order valence-electron chi connectivity index (χ1n) is 6.62. The minimum atomic E-state index is -0.215. The molecule has 1 aromatic carbocycles. The Balaban J connectivity index is 1.95. The Hall–Kier alpha value is -2.71. The Morgan fingerprint density at radius 2 is 2.04 bits per heavy atom. The van der Waals surface area contributed by atoms with Crippen molar-refractivity contribution in [3.8, 4) is 5.75 Å². The number of carbonyl (C=O) groups is 1. The minimum Gasteiger partial charge on any atom is -0.506 e. The Morgan fingerprint density at radius 1 is 1.22 bits per heavy atom. The summed E-state index contributed by atoms with van der Waals surface area (Å²) in [5.41, 5.74) is 13.1. The van der Waals surface area contributed by atoms with Gasteiger partial charge in [-0.3, -0.25) is 9.78 Å². The molecule has 0 amide bonds. The third kappa shape index (κ3) is 1.96. The maximum absolute atomic E-state index is 12.9. The van der Waals surface area contributed by atoms with E-state index in [0.717, 1.165) is 4.01 Å². The number of benzene rings is 1. The third-order valence-electron chi connectivity index (χ3n) is 3.60. The summed E-state index contributed by atoms with van der Waals surface area (Å²) in [7, 11) is 0. The molecule has 5 N–H and O–H groups in total. The van der Waals surface area contributed by atoms with E-state index in [1.54, 1.807) is 24.4 Å². The first-order chi connectivity index (χ1) is 11.1. The lowest BCUT2D eigenvalue weighted by Gasteiger charge is -2.06. The van der Waals surface area contributed by atoms with E-state index in [1.807, 2.05) is 0 Å². The fourth-order valence-electron chi connectivity index (χ4n) is 2.51. The van der Waals surface area contributed by atoms with Crippen LogP contribution in [0, 0.1) is 0 Å². The fourth-order valence-corrected chi connectivity index (χ4v) is 4.52. The van der Waals surface area contributed by atoms with Gasteiger partial charge in [0.1, 0.15) is 26.0 Å².